The Bertz CT molecular complexity index is 324. The molecule has 0 radical (unpaired) electrons. The van der Waals surface area contributed by atoms with Gasteiger partial charge in [0.2, 0.25) is 0 Å². The number of rotatable bonds is 7. The third kappa shape index (κ3) is 5.68. The van der Waals surface area contributed by atoms with Crippen LogP contribution in [0.25, 0.3) is 0 Å². The first-order valence-corrected chi connectivity index (χ1v) is 7.25. The number of nitrogens with one attached hydrogen (secondary N) is 1. The SMILES string of the molecule is Cc1ccc(CC(CNCC(C)C)C(C)C)cc1. The Balaban J connectivity index is 2.49. The fourth-order valence-electron chi connectivity index (χ4n) is 2.13. The second kappa shape index (κ2) is 7.58. The lowest BCUT2D eigenvalue weighted by Crippen LogP contribution is -2.30. The molecule has 0 amide bonds. The van der Waals surface area contributed by atoms with Crippen molar-refractivity contribution in [3.05, 3.63) is 35.4 Å². The van der Waals surface area contributed by atoms with E-state index in [0.717, 1.165) is 30.8 Å². The van der Waals surface area contributed by atoms with Crippen molar-refractivity contribution in [2.24, 2.45) is 17.8 Å². The smallest absolute Gasteiger partial charge is 0.00148 e. The predicted octanol–water partition coefficient (Wildman–Crippen LogP) is 4.06. The molecule has 1 unspecified atom stereocenters. The van der Waals surface area contributed by atoms with Gasteiger partial charge in [0.25, 0.3) is 0 Å². The quantitative estimate of drug-likeness (QED) is 0.766. The van der Waals surface area contributed by atoms with E-state index in [4.69, 9.17) is 0 Å². The highest BCUT2D eigenvalue weighted by Crippen LogP contribution is 2.17. The van der Waals surface area contributed by atoms with Gasteiger partial charge in [0, 0.05) is 0 Å². The summed E-state index contributed by atoms with van der Waals surface area (Å²) in [6.07, 6.45) is 1.18. The Hall–Kier alpha value is -0.820. The van der Waals surface area contributed by atoms with Crippen LogP contribution in [-0.2, 0) is 6.42 Å². The Morgan fingerprint density at radius 2 is 1.56 bits per heavy atom. The van der Waals surface area contributed by atoms with Gasteiger partial charge in [-0.2, -0.15) is 0 Å². The lowest BCUT2D eigenvalue weighted by Gasteiger charge is -2.22. The lowest BCUT2D eigenvalue weighted by atomic mass is 9.89. The second-order valence-electron chi connectivity index (χ2n) is 6.25. The van der Waals surface area contributed by atoms with Crippen molar-refractivity contribution in [2.75, 3.05) is 13.1 Å². The first-order chi connectivity index (χ1) is 8.49. The summed E-state index contributed by atoms with van der Waals surface area (Å²) < 4.78 is 0. The minimum Gasteiger partial charge on any atom is -0.316 e. The van der Waals surface area contributed by atoms with Gasteiger partial charge in [-0.25, -0.2) is 0 Å². The fraction of sp³-hybridized carbons (Fsp3) is 0.647. The zero-order chi connectivity index (χ0) is 13.5. The summed E-state index contributed by atoms with van der Waals surface area (Å²) in [5, 5.41) is 3.60. The zero-order valence-corrected chi connectivity index (χ0v) is 12.7. The van der Waals surface area contributed by atoms with Crippen LogP contribution in [0.3, 0.4) is 0 Å². The monoisotopic (exact) mass is 247 g/mol. The molecule has 102 valence electrons. The first kappa shape index (κ1) is 15.2. The molecule has 1 N–H and O–H groups in total. The maximum absolute atomic E-state index is 3.60. The summed E-state index contributed by atoms with van der Waals surface area (Å²) in [7, 11) is 0. The maximum atomic E-state index is 3.60. The number of benzene rings is 1. The summed E-state index contributed by atoms with van der Waals surface area (Å²) in [5.74, 6) is 2.19. The van der Waals surface area contributed by atoms with Crippen LogP contribution in [0.2, 0.25) is 0 Å². The van der Waals surface area contributed by atoms with E-state index in [1.807, 2.05) is 0 Å². The molecule has 1 heteroatoms. The molecule has 1 atom stereocenters. The van der Waals surface area contributed by atoms with E-state index in [2.05, 4.69) is 64.2 Å². The Labute approximate surface area is 113 Å². The van der Waals surface area contributed by atoms with Crippen LogP contribution in [0.15, 0.2) is 24.3 Å². The normalized spacial score (nSPS) is 13.3. The highest BCUT2D eigenvalue weighted by Gasteiger charge is 2.13. The first-order valence-electron chi connectivity index (χ1n) is 7.25. The van der Waals surface area contributed by atoms with Crippen molar-refractivity contribution in [2.45, 2.75) is 41.0 Å². The summed E-state index contributed by atoms with van der Waals surface area (Å²) >= 11 is 0. The van der Waals surface area contributed by atoms with E-state index in [-0.39, 0.29) is 0 Å². The average Bonchev–Trinajstić information content (AvgIpc) is 2.30. The summed E-state index contributed by atoms with van der Waals surface area (Å²) in [4.78, 5) is 0. The van der Waals surface area contributed by atoms with Gasteiger partial charge in [-0.05, 0) is 49.8 Å². The highest BCUT2D eigenvalue weighted by atomic mass is 14.9. The van der Waals surface area contributed by atoms with E-state index in [1.165, 1.54) is 17.5 Å². The van der Waals surface area contributed by atoms with Crippen LogP contribution in [0, 0.1) is 24.7 Å². The maximum Gasteiger partial charge on any atom is -0.00148 e. The topological polar surface area (TPSA) is 12.0 Å². The summed E-state index contributed by atoms with van der Waals surface area (Å²) in [5.41, 5.74) is 2.81. The average molecular weight is 247 g/mol. The molecule has 1 nitrogen and oxygen atoms in total. The molecule has 18 heavy (non-hydrogen) atoms. The van der Waals surface area contributed by atoms with Gasteiger partial charge >= 0.3 is 0 Å². The largest absolute Gasteiger partial charge is 0.316 e. The molecule has 0 aromatic heterocycles. The lowest BCUT2D eigenvalue weighted by molar-refractivity contribution is 0.352. The van der Waals surface area contributed by atoms with Gasteiger partial charge in [0.1, 0.15) is 0 Å². The Kier molecular flexibility index (Phi) is 6.42. The fourth-order valence-corrected chi connectivity index (χ4v) is 2.13. The molecule has 0 saturated carbocycles. The predicted molar refractivity (Wildman–Crippen MR) is 80.9 cm³/mol. The summed E-state index contributed by atoms with van der Waals surface area (Å²) in [6, 6.07) is 8.98. The van der Waals surface area contributed by atoms with Crippen LogP contribution in [0.1, 0.15) is 38.8 Å². The van der Waals surface area contributed by atoms with E-state index in [9.17, 15) is 0 Å². The molecule has 1 aromatic carbocycles. The number of hydrogen-bond donors (Lipinski definition) is 1. The molecular formula is C17H29N. The molecule has 0 fully saturated rings. The third-order valence-electron chi connectivity index (χ3n) is 3.52. The molecule has 1 aromatic rings. The van der Waals surface area contributed by atoms with Gasteiger partial charge in [-0.1, -0.05) is 57.5 Å². The number of aryl methyl sites for hydroxylation is 1. The Morgan fingerprint density at radius 3 is 2.06 bits per heavy atom. The zero-order valence-electron chi connectivity index (χ0n) is 12.7. The highest BCUT2D eigenvalue weighted by molar-refractivity contribution is 5.21. The standard InChI is InChI=1S/C17H29N/c1-13(2)11-18-12-17(14(3)4)10-16-8-6-15(5)7-9-16/h6-9,13-14,17-18H,10-12H2,1-5H3. The Morgan fingerprint density at radius 1 is 0.944 bits per heavy atom. The van der Waals surface area contributed by atoms with Gasteiger partial charge in [-0.15, -0.1) is 0 Å². The minimum atomic E-state index is 0.728. The van der Waals surface area contributed by atoms with Crippen LogP contribution >= 0.6 is 0 Å². The molecule has 0 aliphatic rings. The van der Waals surface area contributed by atoms with E-state index >= 15 is 0 Å². The third-order valence-corrected chi connectivity index (χ3v) is 3.52. The van der Waals surface area contributed by atoms with Crippen molar-refractivity contribution in [1.82, 2.24) is 5.32 Å². The van der Waals surface area contributed by atoms with E-state index in [1.54, 1.807) is 0 Å². The van der Waals surface area contributed by atoms with E-state index in [0.29, 0.717) is 0 Å². The van der Waals surface area contributed by atoms with Gasteiger partial charge in [-0.3, -0.25) is 0 Å². The molecule has 0 aliphatic heterocycles. The molecule has 0 bridgehead atoms. The molecular weight excluding hydrogens is 218 g/mol. The van der Waals surface area contributed by atoms with Crippen molar-refractivity contribution in [1.29, 1.82) is 0 Å². The van der Waals surface area contributed by atoms with Gasteiger partial charge in [0.15, 0.2) is 0 Å². The van der Waals surface area contributed by atoms with Crippen LogP contribution in [0.5, 0.6) is 0 Å². The molecule has 0 spiro atoms. The molecule has 1 rings (SSSR count). The van der Waals surface area contributed by atoms with Crippen molar-refractivity contribution >= 4 is 0 Å². The van der Waals surface area contributed by atoms with Crippen LogP contribution in [-0.4, -0.2) is 13.1 Å². The van der Waals surface area contributed by atoms with Crippen molar-refractivity contribution in [3.63, 3.8) is 0 Å². The van der Waals surface area contributed by atoms with Crippen LogP contribution < -0.4 is 5.32 Å². The van der Waals surface area contributed by atoms with Gasteiger partial charge in [0.05, 0.1) is 0 Å². The minimum absolute atomic E-state index is 0.728. The van der Waals surface area contributed by atoms with Crippen molar-refractivity contribution in [3.8, 4) is 0 Å². The summed E-state index contributed by atoms with van der Waals surface area (Å²) in [6.45, 7) is 13.6. The van der Waals surface area contributed by atoms with Gasteiger partial charge < -0.3 is 5.32 Å². The molecule has 0 saturated heterocycles. The molecule has 0 aliphatic carbocycles. The van der Waals surface area contributed by atoms with Crippen LogP contribution in [0.4, 0.5) is 0 Å². The van der Waals surface area contributed by atoms with E-state index < -0.39 is 0 Å². The molecule has 0 heterocycles. The van der Waals surface area contributed by atoms with Crippen molar-refractivity contribution < 1.29 is 0 Å². The second-order valence-corrected chi connectivity index (χ2v) is 6.25. The number of hydrogen-bond acceptors (Lipinski definition) is 1.